The first-order valence-corrected chi connectivity index (χ1v) is 11.1. The molecule has 3 aromatic carbocycles. The summed E-state index contributed by atoms with van der Waals surface area (Å²) >= 11 is 0. The number of aliphatic hydroxyl groups is 1. The lowest BCUT2D eigenvalue weighted by Crippen LogP contribution is -2.32. The number of nitrogens with one attached hydrogen (secondary N) is 1. The Morgan fingerprint density at radius 1 is 0.971 bits per heavy atom. The third-order valence-electron chi connectivity index (χ3n) is 5.32. The summed E-state index contributed by atoms with van der Waals surface area (Å²) in [4.78, 5) is 0. The molecule has 0 saturated heterocycles. The van der Waals surface area contributed by atoms with E-state index in [0.717, 1.165) is 28.7 Å². The summed E-state index contributed by atoms with van der Waals surface area (Å²) in [6, 6.07) is 25.2. The van der Waals surface area contributed by atoms with Crippen molar-refractivity contribution in [3.8, 4) is 23.3 Å². The van der Waals surface area contributed by atoms with E-state index in [9.17, 15) is 10.4 Å². The smallest absolute Gasteiger partial charge is 0.160 e. The van der Waals surface area contributed by atoms with Crippen molar-refractivity contribution in [2.24, 2.45) is 0 Å². The van der Waals surface area contributed by atoms with Crippen LogP contribution < -0.4 is 19.5 Å². The fraction of sp³-hybridized carbons (Fsp3) is 0.250. The number of nitriles is 1. The summed E-state index contributed by atoms with van der Waals surface area (Å²) in [7, 11) is 3.23. The molecule has 34 heavy (non-hydrogen) atoms. The Bertz CT molecular complexity index is 1120. The van der Waals surface area contributed by atoms with Gasteiger partial charge in [-0.05, 0) is 42.3 Å². The number of para-hydroxylation sites is 1. The molecular weight excluding hydrogens is 428 g/mol. The van der Waals surface area contributed by atoms with Crippen molar-refractivity contribution in [2.45, 2.75) is 12.5 Å². The Morgan fingerprint density at radius 3 is 2.44 bits per heavy atom. The summed E-state index contributed by atoms with van der Waals surface area (Å²) in [5, 5.41) is 23.0. The standard InChI is InChI=1S/C28H30N2O4/c1-32-27-13-12-21(18-28(27)33-2)15-17-30-19-23(31)20-34-26-11-7-6-10-25(26)24(14-16-29)22-8-4-3-5-9-22/h3-14,18,23,30-31H,15,17,19-20H2,1-2H3. The molecule has 3 rings (SSSR count). The second-order valence-corrected chi connectivity index (χ2v) is 7.66. The Hall–Kier alpha value is -3.79. The molecular formula is C28H30N2O4. The van der Waals surface area contributed by atoms with Crippen LogP contribution in [0.15, 0.2) is 78.9 Å². The zero-order chi connectivity index (χ0) is 24.2. The first-order valence-electron chi connectivity index (χ1n) is 11.1. The second-order valence-electron chi connectivity index (χ2n) is 7.66. The molecule has 0 aliphatic heterocycles. The van der Waals surface area contributed by atoms with E-state index >= 15 is 0 Å². The van der Waals surface area contributed by atoms with Gasteiger partial charge in [-0.1, -0.05) is 54.6 Å². The van der Waals surface area contributed by atoms with Gasteiger partial charge < -0.3 is 24.6 Å². The van der Waals surface area contributed by atoms with Gasteiger partial charge >= 0.3 is 0 Å². The van der Waals surface area contributed by atoms with Gasteiger partial charge in [0.2, 0.25) is 0 Å². The average molecular weight is 459 g/mol. The number of aliphatic hydroxyl groups excluding tert-OH is 1. The van der Waals surface area contributed by atoms with E-state index in [0.29, 0.717) is 30.3 Å². The fourth-order valence-electron chi connectivity index (χ4n) is 3.60. The van der Waals surface area contributed by atoms with Crippen LogP contribution in [0.5, 0.6) is 17.2 Å². The third-order valence-corrected chi connectivity index (χ3v) is 5.32. The molecule has 0 amide bonds. The molecule has 0 heterocycles. The Labute approximate surface area is 201 Å². The van der Waals surface area contributed by atoms with Gasteiger partial charge in [0.15, 0.2) is 11.5 Å². The summed E-state index contributed by atoms with van der Waals surface area (Å²) in [6.07, 6.45) is 1.62. The van der Waals surface area contributed by atoms with Crippen LogP contribution in [0.2, 0.25) is 0 Å². The van der Waals surface area contributed by atoms with Crippen molar-refractivity contribution < 1.29 is 19.3 Å². The van der Waals surface area contributed by atoms with Crippen LogP contribution >= 0.6 is 0 Å². The van der Waals surface area contributed by atoms with Gasteiger partial charge in [0.1, 0.15) is 18.5 Å². The molecule has 2 N–H and O–H groups in total. The number of allylic oxidation sites excluding steroid dienone is 1. The quantitative estimate of drug-likeness (QED) is 0.312. The summed E-state index contributed by atoms with van der Waals surface area (Å²) in [5.41, 5.74) is 3.63. The fourth-order valence-corrected chi connectivity index (χ4v) is 3.60. The van der Waals surface area contributed by atoms with Crippen LogP contribution in [0.3, 0.4) is 0 Å². The van der Waals surface area contributed by atoms with Gasteiger partial charge in [0.25, 0.3) is 0 Å². The lowest BCUT2D eigenvalue weighted by atomic mass is 9.97. The predicted molar refractivity (Wildman–Crippen MR) is 133 cm³/mol. The van der Waals surface area contributed by atoms with Crippen molar-refractivity contribution in [1.29, 1.82) is 5.26 Å². The maximum atomic E-state index is 10.4. The Kier molecular flexibility index (Phi) is 9.53. The molecule has 176 valence electrons. The molecule has 0 saturated carbocycles. The number of methoxy groups -OCH3 is 2. The lowest BCUT2D eigenvalue weighted by Gasteiger charge is -2.17. The van der Waals surface area contributed by atoms with Crippen LogP contribution in [-0.4, -0.2) is 45.1 Å². The SMILES string of the molecule is COc1ccc(CCNCC(O)COc2ccccc2C(=CC#N)c2ccccc2)cc1OC. The molecule has 0 fully saturated rings. The van der Waals surface area contributed by atoms with Crippen LogP contribution in [0.4, 0.5) is 0 Å². The molecule has 0 spiro atoms. The van der Waals surface area contributed by atoms with E-state index in [4.69, 9.17) is 14.2 Å². The third kappa shape index (κ3) is 6.85. The van der Waals surface area contributed by atoms with Crippen molar-refractivity contribution in [3.63, 3.8) is 0 Å². The number of benzene rings is 3. The maximum absolute atomic E-state index is 10.4. The van der Waals surface area contributed by atoms with Crippen LogP contribution in [0.25, 0.3) is 5.57 Å². The minimum Gasteiger partial charge on any atom is -0.493 e. The van der Waals surface area contributed by atoms with E-state index in [1.165, 1.54) is 6.08 Å². The molecule has 3 aromatic rings. The lowest BCUT2D eigenvalue weighted by molar-refractivity contribution is 0.106. The topological polar surface area (TPSA) is 83.7 Å². The molecule has 0 aliphatic carbocycles. The highest BCUT2D eigenvalue weighted by atomic mass is 16.5. The van der Waals surface area contributed by atoms with Gasteiger partial charge in [-0.25, -0.2) is 0 Å². The number of hydrogen-bond donors (Lipinski definition) is 2. The molecule has 1 atom stereocenters. The van der Waals surface area contributed by atoms with Gasteiger partial charge in [0, 0.05) is 23.8 Å². The molecule has 6 nitrogen and oxygen atoms in total. The van der Waals surface area contributed by atoms with E-state index < -0.39 is 6.10 Å². The second kappa shape index (κ2) is 13.0. The molecule has 6 heteroatoms. The maximum Gasteiger partial charge on any atom is 0.160 e. The number of hydrogen-bond acceptors (Lipinski definition) is 6. The summed E-state index contributed by atoms with van der Waals surface area (Å²) < 4.78 is 16.6. The monoisotopic (exact) mass is 458 g/mol. The van der Waals surface area contributed by atoms with Crippen molar-refractivity contribution in [1.82, 2.24) is 5.32 Å². The summed E-state index contributed by atoms with van der Waals surface area (Å²) in [5.74, 6) is 2.02. The van der Waals surface area contributed by atoms with E-state index in [1.54, 1.807) is 14.2 Å². The Balaban J connectivity index is 1.53. The van der Waals surface area contributed by atoms with Gasteiger partial charge in [0.05, 0.1) is 20.3 Å². The van der Waals surface area contributed by atoms with Crippen molar-refractivity contribution in [3.05, 3.63) is 95.6 Å². The molecule has 0 radical (unpaired) electrons. The molecule has 0 bridgehead atoms. The average Bonchev–Trinajstić information content (AvgIpc) is 2.89. The van der Waals surface area contributed by atoms with Crippen LogP contribution in [0, 0.1) is 11.3 Å². The number of ether oxygens (including phenoxy) is 3. The van der Waals surface area contributed by atoms with E-state index in [-0.39, 0.29) is 6.61 Å². The van der Waals surface area contributed by atoms with Crippen molar-refractivity contribution >= 4 is 5.57 Å². The zero-order valence-corrected chi connectivity index (χ0v) is 19.5. The highest BCUT2D eigenvalue weighted by Crippen LogP contribution is 2.31. The first-order chi connectivity index (χ1) is 16.7. The minimum absolute atomic E-state index is 0.134. The largest absolute Gasteiger partial charge is 0.493 e. The van der Waals surface area contributed by atoms with Gasteiger partial charge in [-0.2, -0.15) is 5.26 Å². The zero-order valence-electron chi connectivity index (χ0n) is 19.5. The molecule has 1 unspecified atom stereocenters. The molecule has 0 aromatic heterocycles. The Morgan fingerprint density at radius 2 is 1.71 bits per heavy atom. The van der Waals surface area contributed by atoms with Gasteiger partial charge in [-0.15, -0.1) is 0 Å². The van der Waals surface area contributed by atoms with Gasteiger partial charge in [-0.3, -0.25) is 0 Å². The minimum atomic E-state index is -0.682. The predicted octanol–water partition coefficient (Wildman–Crippen LogP) is 4.23. The molecule has 0 aliphatic rings. The highest BCUT2D eigenvalue weighted by Gasteiger charge is 2.13. The normalized spacial score (nSPS) is 12.0. The van der Waals surface area contributed by atoms with Crippen molar-refractivity contribution in [2.75, 3.05) is 33.9 Å². The summed E-state index contributed by atoms with van der Waals surface area (Å²) in [6.45, 7) is 1.23. The van der Waals surface area contributed by atoms with Crippen LogP contribution in [-0.2, 0) is 6.42 Å². The van der Waals surface area contributed by atoms with E-state index in [2.05, 4.69) is 11.4 Å². The number of rotatable bonds is 12. The van der Waals surface area contributed by atoms with E-state index in [1.807, 2.05) is 72.8 Å². The van der Waals surface area contributed by atoms with Crippen LogP contribution in [0.1, 0.15) is 16.7 Å². The highest BCUT2D eigenvalue weighted by molar-refractivity contribution is 5.84. The first kappa shape index (κ1) is 24.8. The number of nitrogens with zero attached hydrogens (tertiary/aromatic N) is 1.